The Labute approximate surface area is 163 Å². The third-order valence-corrected chi connectivity index (χ3v) is 6.67. The number of primary sulfonamides is 1. The van der Waals surface area contributed by atoms with Crippen molar-refractivity contribution in [3.63, 3.8) is 0 Å². The van der Waals surface area contributed by atoms with E-state index in [1.807, 2.05) is 22.9 Å². The number of hydrogen-bond acceptors (Lipinski definition) is 5. The highest BCUT2D eigenvalue weighted by Gasteiger charge is 2.22. The Kier molecular flexibility index (Phi) is 5.46. The maximum absolute atomic E-state index is 12.1. The van der Waals surface area contributed by atoms with Gasteiger partial charge in [-0.1, -0.05) is 26.0 Å². The number of thiophene rings is 1. The van der Waals surface area contributed by atoms with Gasteiger partial charge in [0.15, 0.2) is 0 Å². The lowest BCUT2D eigenvalue weighted by Gasteiger charge is -2.08. The summed E-state index contributed by atoms with van der Waals surface area (Å²) in [5, 5.41) is 15.1. The van der Waals surface area contributed by atoms with Crippen LogP contribution in [0.3, 0.4) is 0 Å². The summed E-state index contributed by atoms with van der Waals surface area (Å²) in [4.78, 5) is 4.95. The second-order valence-electron chi connectivity index (χ2n) is 6.78. The molecule has 6 nitrogen and oxygen atoms in total. The summed E-state index contributed by atoms with van der Waals surface area (Å²) >= 11 is 1.18. The van der Waals surface area contributed by atoms with Gasteiger partial charge in [0.25, 0.3) is 0 Å². The smallest absolute Gasteiger partial charge is 0.248 e. The molecule has 0 saturated heterocycles. The second-order valence-corrected chi connectivity index (χ2v) is 9.68. The summed E-state index contributed by atoms with van der Waals surface area (Å²) in [6.45, 7) is 4.72. The molecule has 0 unspecified atom stereocenters. The van der Waals surface area contributed by atoms with Gasteiger partial charge in [0.05, 0.1) is 18.0 Å². The van der Waals surface area contributed by atoms with E-state index in [1.165, 1.54) is 11.3 Å². The summed E-state index contributed by atoms with van der Waals surface area (Å²) in [7, 11) is -3.88. The number of imidazole rings is 1. The molecular formula is C19H20N4O2S2. The van der Waals surface area contributed by atoms with E-state index in [0.717, 1.165) is 16.9 Å². The number of nitrogens with two attached hydrogens (primary N) is 1. The highest BCUT2D eigenvalue weighted by Crippen LogP contribution is 2.37. The summed E-state index contributed by atoms with van der Waals surface area (Å²) in [6, 6.07) is 9.49. The van der Waals surface area contributed by atoms with Gasteiger partial charge in [-0.25, -0.2) is 18.5 Å². The molecule has 1 aromatic carbocycles. The normalized spacial score (nSPS) is 11.7. The topological polar surface area (TPSA) is 102 Å². The zero-order chi connectivity index (χ0) is 19.6. The molecule has 3 aromatic rings. The van der Waals surface area contributed by atoms with E-state index in [-0.39, 0.29) is 4.21 Å². The first kappa shape index (κ1) is 19.3. The van der Waals surface area contributed by atoms with E-state index >= 15 is 0 Å². The van der Waals surface area contributed by atoms with Crippen LogP contribution in [-0.4, -0.2) is 18.0 Å². The lowest BCUT2D eigenvalue weighted by molar-refractivity contribution is 0.600. The van der Waals surface area contributed by atoms with Crippen molar-refractivity contribution < 1.29 is 8.42 Å². The molecule has 0 amide bonds. The molecule has 0 aliphatic carbocycles. The number of sulfonamides is 1. The van der Waals surface area contributed by atoms with Crippen molar-refractivity contribution in [3.05, 3.63) is 59.0 Å². The molecule has 0 aliphatic heterocycles. The first-order chi connectivity index (χ1) is 12.8. The third kappa shape index (κ3) is 4.45. The first-order valence-electron chi connectivity index (χ1n) is 8.42. The first-order valence-corrected chi connectivity index (χ1v) is 10.8. The maximum atomic E-state index is 12.1. The summed E-state index contributed by atoms with van der Waals surface area (Å²) < 4.78 is 26.2. The SMILES string of the molecule is CC(C)Cc1cc(-c2ccc(Cn3ccnc3)cc2C#N)c(S(N)(=O)=O)s1. The Morgan fingerprint density at radius 3 is 2.67 bits per heavy atom. The fraction of sp³-hybridized carbons (Fsp3) is 0.263. The lowest BCUT2D eigenvalue weighted by Crippen LogP contribution is -2.11. The molecule has 0 spiro atoms. The van der Waals surface area contributed by atoms with Crippen molar-refractivity contribution in [1.29, 1.82) is 5.26 Å². The fourth-order valence-corrected chi connectivity index (χ4v) is 5.31. The summed E-state index contributed by atoms with van der Waals surface area (Å²) in [5.41, 5.74) is 2.44. The van der Waals surface area contributed by atoms with Crippen LogP contribution in [0.4, 0.5) is 0 Å². The molecule has 8 heteroatoms. The largest absolute Gasteiger partial charge is 0.333 e. The van der Waals surface area contributed by atoms with Gasteiger partial charge in [-0.05, 0) is 30.0 Å². The van der Waals surface area contributed by atoms with Gasteiger partial charge in [-0.2, -0.15) is 5.26 Å². The molecule has 2 N–H and O–H groups in total. The minimum atomic E-state index is -3.88. The molecule has 0 bridgehead atoms. The summed E-state index contributed by atoms with van der Waals surface area (Å²) in [5.74, 6) is 0.387. The van der Waals surface area contributed by atoms with Gasteiger partial charge in [0.1, 0.15) is 4.21 Å². The zero-order valence-electron chi connectivity index (χ0n) is 15.1. The molecule has 0 atom stereocenters. The third-order valence-electron chi connectivity index (χ3n) is 4.04. The number of aromatic nitrogens is 2. The van der Waals surface area contributed by atoms with Crippen LogP contribution in [0.2, 0.25) is 0 Å². The highest BCUT2D eigenvalue weighted by atomic mass is 32.2. The van der Waals surface area contributed by atoms with Crippen LogP contribution in [0, 0.1) is 17.2 Å². The van der Waals surface area contributed by atoms with Crippen LogP contribution in [0.1, 0.15) is 29.9 Å². The number of nitriles is 1. The van der Waals surface area contributed by atoms with Gasteiger partial charge in [-0.3, -0.25) is 0 Å². The minimum absolute atomic E-state index is 0.108. The van der Waals surface area contributed by atoms with Crippen molar-refractivity contribution in [3.8, 4) is 17.2 Å². The molecule has 2 heterocycles. The Morgan fingerprint density at radius 1 is 1.30 bits per heavy atom. The van der Waals surface area contributed by atoms with E-state index in [4.69, 9.17) is 5.14 Å². The van der Waals surface area contributed by atoms with Crippen LogP contribution in [-0.2, 0) is 23.0 Å². The molecule has 0 fully saturated rings. The average Bonchev–Trinajstić information content (AvgIpc) is 3.23. The number of benzene rings is 1. The van der Waals surface area contributed by atoms with E-state index in [2.05, 4.69) is 24.9 Å². The number of rotatable bonds is 6. The van der Waals surface area contributed by atoms with Crippen LogP contribution < -0.4 is 5.14 Å². The van der Waals surface area contributed by atoms with E-state index in [9.17, 15) is 13.7 Å². The van der Waals surface area contributed by atoms with Crippen LogP contribution in [0.25, 0.3) is 11.1 Å². The molecule has 3 rings (SSSR count). The predicted molar refractivity (Wildman–Crippen MR) is 106 cm³/mol. The molecule has 0 radical (unpaired) electrons. The van der Waals surface area contributed by atoms with Gasteiger partial charge in [-0.15, -0.1) is 11.3 Å². The van der Waals surface area contributed by atoms with Gasteiger partial charge in [0, 0.05) is 34.9 Å². The van der Waals surface area contributed by atoms with Crippen molar-refractivity contribution in [2.24, 2.45) is 11.1 Å². The molecule has 2 aromatic heterocycles. The van der Waals surface area contributed by atoms with Crippen molar-refractivity contribution in [2.75, 3.05) is 0 Å². The molecule has 0 saturated carbocycles. The van der Waals surface area contributed by atoms with E-state index < -0.39 is 10.0 Å². The lowest BCUT2D eigenvalue weighted by atomic mass is 9.99. The van der Waals surface area contributed by atoms with Gasteiger partial charge < -0.3 is 4.57 Å². The Morgan fingerprint density at radius 2 is 2.07 bits per heavy atom. The van der Waals surface area contributed by atoms with Gasteiger partial charge >= 0.3 is 0 Å². The second kappa shape index (κ2) is 7.64. The van der Waals surface area contributed by atoms with Gasteiger partial charge in [0.2, 0.25) is 10.0 Å². The molecule has 0 aliphatic rings. The standard InChI is InChI=1S/C19H20N4O2S2/c1-13(2)7-16-9-18(19(26-16)27(21,24)25)17-4-3-14(8-15(17)10-20)11-23-6-5-22-12-23/h3-6,8-9,12-13H,7,11H2,1-2H3,(H2,21,24,25). The quantitative estimate of drug-likeness (QED) is 0.685. The van der Waals surface area contributed by atoms with E-state index in [1.54, 1.807) is 24.7 Å². The fourth-order valence-electron chi connectivity index (χ4n) is 2.93. The minimum Gasteiger partial charge on any atom is -0.333 e. The number of nitrogens with zero attached hydrogens (tertiary/aromatic N) is 3. The Hall–Kier alpha value is -2.47. The molecule has 140 valence electrons. The van der Waals surface area contributed by atoms with Crippen LogP contribution in [0.5, 0.6) is 0 Å². The molecule has 27 heavy (non-hydrogen) atoms. The van der Waals surface area contributed by atoms with Crippen molar-refractivity contribution >= 4 is 21.4 Å². The molecular weight excluding hydrogens is 380 g/mol. The maximum Gasteiger partial charge on any atom is 0.248 e. The Balaban J connectivity index is 2.07. The number of hydrogen-bond donors (Lipinski definition) is 1. The van der Waals surface area contributed by atoms with Crippen LogP contribution in [0.15, 0.2) is 47.2 Å². The van der Waals surface area contributed by atoms with Crippen molar-refractivity contribution in [2.45, 2.75) is 31.0 Å². The monoisotopic (exact) mass is 400 g/mol. The highest BCUT2D eigenvalue weighted by molar-refractivity contribution is 7.91. The average molecular weight is 401 g/mol. The van der Waals surface area contributed by atoms with Crippen LogP contribution >= 0.6 is 11.3 Å². The Bertz CT molecular complexity index is 1090. The zero-order valence-corrected chi connectivity index (χ0v) is 16.7. The summed E-state index contributed by atoms with van der Waals surface area (Å²) in [6.07, 6.45) is 6.00. The van der Waals surface area contributed by atoms with E-state index in [0.29, 0.717) is 29.2 Å². The van der Waals surface area contributed by atoms with Crippen molar-refractivity contribution in [1.82, 2.24) is 9.55 Å². The predicted octanol–water partition coefficient (Wildman–Crippen LogP) is 3.38.